The molecule has 22 heavy (non-hydrogen) atoms. The lowest BCUT2D eigenvalue weighted by Crippen LogP contribution is -2.02. The highest BCUT2D eigenvalue weighted by Gasteiger charge is 2.13. The first kappa shape index (κ1) is 16.5. The van der Waals surface area contributed by atoms with Crippen molar-refractivity contribution in [3.05, 3.63) is 77.4 Å². The lowest BCUT2D eigenvalue weighted by atomic mass is 9.94. The zero-order chi connectivity index (χ0) is 15.6. The van der Waals surface area contributed by atoms with Crippen LogP contribution < -0.4 is 0 Å². The highest BCUT2D eigenvalue weighted by molar-refractivity contribution is 5.54. The molecule has 0 spiro atoms. The fraction of sp³-hybridized carbons (Fsp3) is 0.333. The van der Waals surface area contributed by atoms with Crippen molar-refractivity contribution in [2.75, 3.05) is 0 Å². The fourth-order valence-electron chi connectivity index (χ4n) is 2.66. The first-order valence-electron chi connectivity index (χ1n) is 8.29. The second-order valence-electron chi connectivity index (χ2n) is 5.75. The lowest BCUT2D eigenvalue weighted by molar-refractivity contribution is 0.211. The molecule has 2 aromatic rings. The molecule has 0 amide bonds. The van der Waals surface area contributed by atoms with Crippen molar-refractivity contribution >= 4 is 6.08 Å². The van der Waals surface area contributed by atoms with Crippen LogP contribution in [0.4, 0.5) is 0 Å². The van der Waals surface area contributed by atoms with Crippen LogP contribution >= 0.6 is 0 Å². The smallest absolute Gasteiger partial charge is 0.100 e. The molecule has 0 heterocycles. The van der Waals surface area contributed by atoms with Crippen molar-refractivity contribution in [3.8, 4) is 0 Å². The van der Waals surface area contributed by atoms with Crippen LogP contribution in [0.15, 0.2) is 66.2 Å². The molecule has 0 radical (unpaired) electrons. The van der Waals surface area contributed by atoms with Crippen LogP contribution in [0.25, 0.3) is 6.08 Å². The van der Waals surface area contributed by atoms with Gasteiger partial charge in [0.15, 0.2) is 0 Å². The van der Waals surface area contributed by atoms with Gasteiger partial charge in [0, 0.05) is 0 Å². The third kappa shape index (κ3) is 5.16. The van der Waals surface area contributed by atoms with Crippen LogP contribution in [0.3, 0.4) is 0 Å². The Labute approximate surface area is 134 Å². The molecule has 116 valence electrons. The number of rotatable bonds is 8. The van der Waals surface area contributed by atoms with E-state index in [-0.39, 0.29) is 0 Å². The van der Waals surface area contributed by atoms with E-state index in [1.165, 1.54) is 19.3 Å². The van der Waals surface area contributed by atoms with Gasteiger partial charge in [0.1, 0.15) is 6.10 Å². The molecule has 1 atom stereocenters. The van der Waals surface area contributed by atoms with E-state index in [4.69, 9.17) is 0 Å². The Bertz CT molecular complexity index is 557. The molecular formula is C21H26O. The maximum absolute atomic E-state index is 10.7. The first-order valence-corrected chi connectivity index (χ1v) is 8.29. The van der Waals surface area contributed by atoms with Crippen LogP contribution in [0, 0.1) is 0 Å². The molecule has 0 fully saturated rings. The molecule has 1 heteroatoms. The molecule has 0 aromatic heterocycles. The maximum atomic E-state index is 10.7. The minimum absolute atomic E-state index is 0.511. The number of benzene rings is 2. The minimum atomic E-state index is -0.511. The van der Waals surface area contributed by atoms with E-state index in [0.717, 1.165) is 29.5 Å². The molecule has 0 saturated heterocycles. The number of hydrogen-bond donors (Lipinski definition) is 1. The van der Waals surface area contributed by atoms with E-state index < -0.39 is 6.10 Å². The number of aliphatic hydroxyl groups excluding tert-OH is 1. The highest BCUT2D eigenvalue weighted by atomic mass is 16.3. The first-order chi connectivity index (χ1) is 10.8. The van der Waals surface area contributed by atoms with Crippen LogP contribution in [0.5, 0.6) is 0 Å². The topological polar surface area (TPSA) is 20.2 Å². The van der Waals surface area contributed by atoms with Gasteiger partial charge in [-0.3, -0.25) is 0 Å². The summed E-state index contributed by atoms with van der Waals surface area (Å²) >= 11 is 0. The average Bonchev–Trinajstić information content (AvgIpc) is 2.59. The average molecular weight is 294 g/mol. The van der Waals surface area contributed by atoms with Crippen LogP contribution in [-0.2, 0) is 0 Å². The van der Waals surface area contributed by atoms with Gasteiger partial charge in [0.2, 0.25) is 0 Å². The largest absolute Gasteiger partial charge is 0.384 e. The standard InChI is InChI=1S/C21H26O/c1-2-3-4-9-16-20(17-18-12-7-5-8-13-18)21(22)19-14-10-6-11-15-19/h5-8,10-15,17,21-22H,2-4,9,16H2,1H3/b20-17+. The van der Waals surface area contributed by atoms with Crippen molar-refractivity contribution in [1.82, 2.24) is 0 Å². The molecule has 0 bridgehead atoms. The summed E-state index contributed by atoms with van der Waals surface area (Å²) in [5, 5.41) is 10.7. The predicted octanol–water partition coefficient (Wildman–Crippen LogP) is 5.77. The minimum Gasteiger partial charge on any atom is -0.384 e. The summed E-state index contributed by atoms with van der Waals surface area (Å²) in [4.78, 5) is 0. The highest BCUT2D eigenvalue weighted by Crippen LogP contribution is 2.28. The Morgan fingerprint density at radius 2 is 1.55 bits per heavy atom. The normalized spacial score (nSPS) is 13.1. The third-order valence-electron chi connectivity index (χ3n) is 3.94. The maximum Gasteiger partial charge on any atom is 0.100 e. The van der Waals surface area contributed by atoms with Gasteiger partial charge < -0.3 is 5.11 Å². The van der Waals surface area contributed by atoms with E-state index in [2.05, 4.69) is 25.1 Å². The second-order valence-corrected chi connectivity index (χ2v) is 5.75. The molecule has 1 N–H and O–H groups in total. The Morgan fingerprint density at radius 3 is 2.18 bits per heavy atom. The molecule has 0 saturated carbocycles. The molecule has 0 aliphatic rings. The molecule has 2 aromatic carbocycles. The molecule has 1 nitrogen and oxygen atoms in total. The SMILES string of the molecule is CCCCCC/C(=C\c1ccccc1)C(O)c1ccccc1. The van der Waals surface area contributed by atoms with Gasteiger partial charge in [-0.2, -0.15) is 0 Å². The fourth-order valence-corrected chi connectivity index (χ4v) is 2.66. The van der Waals surface area contributed by atoms with Crippen molar-refractivity contribution in [2.24, 2.45) is 0 Å². The van der Waals surface area contributed by atoms with Gasteiger partial charge in [0.05, 0.1) is 0 Å². The monoisotopic (exact) mass is 294 g/mol. The number of aliphatic hydroxyl groups is 1. The quantitative estimate of drug-likeness (QED) is 0.612. The van der Waals surface area contributed by atoms with Crippen LogP contribution in [-0.4, -0.2) is 5.11 Å². The van der Waals surface area contributed by atoms with E-state index in [1.54, 1.807) is 0 Å². The van der Waals surface area contributed by atoms with Gasteiger partial charge in [-0.05, 0) is 29.5 Å². The van der Waals surface area contributed by atoms with E-state index in [0.29, 0.717) is 0 Å². The lowest BCUT2D eigenvalue weighted by Gasteiger charge is -2.16. The summed E-state index contributed by atoms with van der Waals surface area (Å²) in [5.41, 5.74) is 3.23. The molecule has 0 aliphatic heterocycles. The zero-order valence-corrected chi connectivity index (χ0v) is 13.4. The summed E-state index contributed by atoms with van der Waals surface area (Å²) in [5.74, 6) is 0. The number of hydrogen-bond acceptors (Lipinski definition) is 1. The summed E-state index contributed by atoms with van der Waals surface area (Å²) in [6.07, 6.45) is 7.44. The summed E-state index contributed by atoms with van der Waals surface area (Å²) in [6.45, 7) is 2.22. The van der Waals surface area contributed by atoms with E-state index in [9.17, 15) is 5.11 Å². The third-order valence-corrected chi connectivity index (χ3v) is 3.94. The van der Waals surface area contributed by atoms with Crippen LogP contribution in [0.1, 0.15) is 56.3 Å². The van der Waals surface area contributed by atoms with Gasteiger partial charge >= 0.3 is 0 Å². The van der Waals surface area contributed by atoms with Crippen molar-refractivity contribution < 1.29 is 5.11 Å². The predicted molar refractivity (Wildman–Crippen MR) is 94.6 cm³/mol. The Kier molecular flexibility index (Phi) is 6.92. The van der Waals surface area contributed by atoms with Gasteiger partial charge in [-0.25, -0.2) is 0 Å². The molecule has 1 unspecified atom stereocenters. The molecule has 2 rings (SSSR count). The van der Waals surface area contributed by atoms with Crippen molar-refractivity contribution in [3.63, 3.8) is 0 Å². The number of unbranched alkanes of at least 4 members (excludes halogenated alkanes) is 3. The van der Waals surface area contributed by atoms with Crippen molar-refractivity contribution in [1.29, 1.82) is 0 Å². The summed E-state index contributed by atoms with van der Waals surface area (Å²) in [6, 6.07) is 20.2. The molecule has 0 aliphatic carbocycles. The second kappa shape index (κ2) is 9.22. The Hall–Kier alpha value is -1.86. The van der Waals surface area contributed by atoms with E-state index in [1.807, 2.05) is 48.5 Å². The Balaban J connectivity index is 2.15. The van der Waals surface area contributed by atoms with Gasteiger partial charge in [-0.15, -0.1) is 0 Å². The summed E-state index contributed by atoms with van der Waals surface area (Å²) in [7, 11) is 0. The molecular weight excluding hydrogens is 268 g/mol. The Morgan fingerprint density at radius 1 is 0.909 bits per heavy atom. The van der Waals surface area contributed by atoms with Crippen molar-refractivity contribution in [2.45, 2.75) is 45.1 Å². The summed E-state index contributed by atoms with van der Waals surface area (Å²) < 4.78 is 0. The van der Waals surface area contributed by atoms with E-state index >= 15 is 0 Å². The zero-order valence-electron chi connectivity index (χ0n) is 13.4. The van der Waals surface area contributed by atoms with Crippen LogP contribution in [0.2, 0.25) is 0 Å². The van der Waals surface area contributed by atoms with Gasteiger partial charge in [-0.1, -0.05) is 92.9 Å². The van der Waals surface area contributed by atoms with Gasteiger partial charge in [0.25, 0.3) is 0 Å².